The Morgan fingerprint density at radius 3 is 2.48 bits per heavy atom. The average molecular weight is 356 g/mol. The van der Waals surface area contributed by atoms with Crippen molar-refractivity contribution < 1.29 is 22.3 Å². The van der Waals surface area contributed by atoms with Crippen LogP contribution in [0.1, 0.15) is 11.8 Å². The Hall–Kier alpha value is -2.68. The van der Waals surface area contributed by atoms with Gasteiger partial charge in [-0.2, -0.15) is 0 Å². The second kappa shape index (κ2) is 7.93. The first-order valence-corrected chi connectivity index (χ1v) is 7.37. The minimum absolute atomic E-state index is 0.0853. The molecule has 0 fully saturated rings. The van der Waals surface area contributed by atoms with Crippen LogP contribution in [-0.4, -0.2) is 37.9 Å². The van der Waals surface area contributed by atoms with E-state index in [1.165, 1.54) is 24.3 Å². The molecule has 25 heavy (non-hydrogen) atoms. The van der Waals surface area contributed by atoms with Crippen molar-refractivity contribution in [3.8, 4) is 5.75 Å². The summed E-state index contributed by atoms with van der Waals surface area (Å²) in [4.78, 5) is 6.19. The van der Waals surface area contributed by atoms with Gasteiger partial charge in [-0.15, -0.1) is 13.2 Å². The van der Waals surface area contributed by atoms with E-state index in [-0.39, 0.29) is 17.8 Å². The highest BCUT2D eigenvalue weighted by molar-refractivity contribution is 5.92. The first-order valence-electron chi connectivity index (χ1n) is 7.37. The molecule has 6 nitrogen and oxygen atoms in total. The van der Waals surface area contributed by atoms with Gasteiger partial charge in [0.25, 0.3) is 0 Å². The quantitative estimate of drug-likeness (QED) is 0.614. The third kappa shape index (κ3) is 6.03. The summed E-state index contributed by atoms with van der Waals surface area (Å²) in [5.74, 6) is 0.595. The molecule has 0 bridgehead atoms. The summed E-state index contributed by atoms with van der Waals surface area (Å²) in [6, 6.07) is 8.77. The van der Waals surface area contributed by atoms with Crippen LogP contribution in [0.25, 0.3) is 0 Å². The van der Waals surface area contributed by atoms with Crippen molar-refractivity contribution in [3.63, 3.8) is 0 Å². The zero-order chi connectivity index (χ0) is 18.4. The molecule has 1 aromatic heterocycles. The Kier molecular flexibility index (Phi) is 5.92. The summed E-state index contributed by atoms with van der Waals surface area (Å²) < 4.78 is 45.5. The van der Waals surface area contributed by atoms with Gasteiger partial charge in [-0.3, -0.25) is 9.89 Å². The molecule has 0 saturated heterocycles. The van der Waals surface area contributed by atoms with Crippen molar-refractivity contribution in [2.45, 2.75) is 12.4 Å². The Morgan fingerprint density at radius 1 is 1.28 bits per heavy atom. The summed E-state index contributed by atoms with van der Waals surface area (Å²) >= 11 is 0. The van der Waals surface area contributed by atoms with E-state index in [1.807, 2.05) is 25.1 Å². The number of nitrogens with one attached hydrogen (secondary N) is 1. The molecular formula is C16H19F3N4O2. The monoisotopic (exact) mass is 356 g/mol. The van der Waals surface area contributed by atoms with E-state index < -0.39 is 6.36 Å². The molecule has 1 heterocycles. The van der Waals surface area contributed by atoms with E-state index in [9.17, 15) is 13.2 Å². The van der Waals surface area contributed by atoms with Crippen LogP contribution in [0, 0.1) is 0 Å². The van der Waals surface area contributed by atoms with Gasteiger partial charge >= 0.3 is 6.36 Å². The number of ether oxygens (including phenoxy) is 1. The third-order valence-electron chi connectivity index (χ3n) is 3.29. The summed E-state index contributed by atoms with van der Waals surface area (Å²) in [7, 11) is 3.79. The topological polar surface area (TPSA) is 76.0 Å². The lowest BCUT2D eigenvalue weighted by Crippen LogP contribution is -2.27. The number of guanidine groups is 1. The Bertz CT molecular complexity index is 682. The van der Waals surface area contributed by atoms with Gasteiger partial charge in [0.15, 0.2) is 5.96 Å². The van der Waals surface area contributed by atoms with Crippen LogP contribution in [0.15, 0.2) is 52.1 Å². The van der Waals surface area contributed by atoms with Gasteiger partial charge in [0, 0.05) is 5.69 Å². The summed E-state index contributed by atoms with van der Waals surface area (Å²) in [6.45, 7) is 0.356. The van der Waals surface area contributed by atoms with E-state index in [2.05, 4.69) is 15.0 Å². The van der Waals surface area contributed by atoms with Crippen LogP contribution in [0.5, 0.6) is 5.75 Å². The van der Waals surface area contributed by atoms with Crippen LogP contribution in [0.2, 0.25) is 0 Å². The molecule has 0 aliphatic carbocycles. The number of anilines is 1. The minimum Gasteiger partial charge on any atom is -0.468 e. The van der Waals surface area contributed by atoms with Crippen LogP contribution < -0.4 is 15.8 Å². The molecule has 9 heteroatoms. The highest BCUT2D eigenvalue weighted by Gasteiger charge is 2.30. The molecule has 0 spiro atoms. The second-order valence-corrected chi connectivity index (χ2v) is 5.42. The predicted molar refractivity (Wildman–Crippen MR) is 88.4 cm³/mol. The number of nitrogens with zero attached hydrogens (tertiary/aromatic N) is 2. The van der Waals surface area contributed by atoms with Gasteiger partial charge in [0.2, 0.25) is 0 Å². The van der Waals surface area contributed by atoms with Crippen LogP contribution >= 0.6 is 0 Å². The summed E-state index contributed by atoms with van der Waals surface area (Å²) in [6.07, 6.45) is -3.13. The molecule has 1 atom stereocenters. The predicted octanol–water partition coefficient (Wildman–Crippen LogP) is 3.21. The number of aliphatic imine (C=N–C) groups is 1. The first-order chi connectivity index (χ1) is 11.7. The molecule has 3 N–H and O–H groups in total. The molecule has 2 rings (SSSR count). The number of hydrogen-bond acceptors (Lipinski definition) is 4. The molecule has 136 valence electrons. The zero-order valence-corrected chi connectivity index (χ0v) is 13.7. The maximum atomic E-state index is 12.1. The zero-order valence-electron chi connectivity index (χ0n) is 13.7. The van der Waals surface area contributed by atoms with Gasteiger partial charge in [0.1, 0.15) is 11.5 Å². The summed E-state index contributed by atoms with van der Waals surface area (Å²) in [5, 5.41) is 2.81. The Morgan fingerprint density at radius 2 is 1.96 bits per heavy atom. The highest BCUT2D eigenvalue weighted by atomic mass is 19.4. The SMILES string of the molecule is CN(C)C(CN=C(N)Nc1ccc(OC(F)(F)F)cc1)c1ccco1. The number of furan rings is 1. The van der Waals surface area contributed by atoms with Crippen molar-refractivity contribution in [1.82, 2.24) is 4.90 Å². The maximum Gasteiger partial charge on any atom is 0.573 e. The molecule has 2 aromatic rings. The largest absolute Gasteiger partial charge is 0.573 e. The molecule has 0 saturated carbocycles. The fourth-order valence-electron chi connectivity index (χ4n) is 2.10. The molecule has 0 radical (unpaired) electrons. The lowest BCUT2D eigenvalue weighted by Gasteiger charge is -2.20. The molecule has 1 unspecified atom stereocenters. The maximum absolute atomic E-state index is 12.1. The fourth-order valence-corrected chi connectivity index (χ4v) is 2.10. The third-order valence-corrected chi connectivity index (χ3v) is 3.29. The van der Waals surface area contributed by atoms with E-state index in [0.29, 0.717) is 12.2 Å². The van der Waals surface area contributed by atoms with Crippen molar-refractivity contribution >= 4 is 11.6 Å². The van der Waals surface area contributed by atoms with Gasteiger partial charge in [-0.25, -0.2) is 0 Å². The van der Waals surface area contributed by atoms with Gasteiger partial charge in [0.05, 0.1) is 18.8 Å². The number of likely N-dealkylation sites (N-methyl/N-ethyl adjacent to an activating group) is 1. The van der Waals surface area contributed by atoms with E-state index in [0.717, 1.165) is 5.76 Å². The molecular weight excluding hydrogens is 337 g/mol. The summed E-state index contributed by atoms with van der Waals surface area (Å²) in [5.41, 5.74) is 6.32. The Labute approximate surface area is 143 Å². The molecule has 0 aliphatic heterocycles. The number of hydrogen-bond donors (Lipinski definition) is 2. The standard InChI is InChI=1S/C16H19F3N4O2/c1-23(2)13(14-4-3-9-24-14)10-21-15(20)22-11-5-7-12(8-6-11)25-16(17,18)19/h3-9,13H,10H2,1-2H3,(H3,20,21,22). The Balaban J connectivity index is 1.96. The van der Waals surface area contributed by atoms with E-state index in [4.69, 9.17) is 10.2 Å². The number of benzene rings is 1. The fraction of sp³-hybridized carbons (Fsp3) is 0.312. The minimum atomic E-state index is -4.72. The van der Waals surface area contributed by atoms with E-state index in [1.54, 1.807) is 12.3 Å². The smallest absolute Gasteiger partial charge is 0.468 e. The second-order valence-electron chi connectivity index (χ2n) is 5.42. The van der Waals surface area contributed by atoms with Crippen LogP contribution in [-0.2, 0) is 0 Å². The lowest BCUT2D eigenvalue weighted by atomic mass is 10.2. The average Bonchev–Trinajstić information content (AvgIpc) is 3.02. The molecule has 0 aliphatic rings. The number of rotatable bonds is 6. The highest BCUT2D eigenvalue weighted by Crippen LogP contribution is 2.24. The van der Waals surface area contributed by atoms with Gasteiger partial charge in [-0.05, 0) is 50.5 Å². The number of alkyl halides is 3. The van der Waals surface area contributed by atoms with Crippen molar-refractivity contribution in [1.29, 1.82) is 0 Å². The van der Waals surface area contributed by atoms with Crippen molar-refractivity contribution in [2.75, 3.05) is 26.0 Å². The molecule has 1 aromatic carbocycles. The lowest BCUT2D eigenvalue weighted by molar-refractivity contribution is -0.274. The first kappa shape index (κ1) is 18.7. The van der Waals surface area contributed by atoms with Crippen LogP contribution in [0.4, 0.5) is 18.9 Å². The van der Waals surface area contributed by atoms with Crippen LogP contribution in [0.3, 0.4) is 0 Å². The van der Waals surface area contributed by atoms with Crippen molar-refractivity contribution in [2.24, 2.45) is 10.7 Å². The molecule has 0 amide bonds. The number of halogens is 3. The van der Waals surface area contributed by atoms with Crippen molar-refractivity contribution in [3.05, 3.63) is 48.4 Å². The van der Waals surface area contributed by atoms with E-state index >= 15 is 0 Å². The normalized spacial score (nSPS) is 13.8. The number of nitrogens with two attached hydrogens (primary N) is 1. The van der Waals surface area contributed by atoms with Gasteiger partial charge < -0.3 is 20.2 Å². The van der Waals surface area contributed by atoms with Gasteiger partial charge in [-0.1, -0.05) is 0 Å².